The maximum absolute atomic E-state index is 12.8. The van der Waals surface area contributed by atoms with Crippen LogP contribution in [-0.4, -0.2) is 28.7 Å². The highest BCUT2D eigenvalue weighted by Gasteiger charge is 2.39. The number of nitrogen functional groups attached to an aromatic ring is 1. The zero-order chi connectivity index (χ0) is 21.5. The van der Waals surface area contributed by atoms with E-state index >= 15 is 0 Å². The van der Waals surface area contributed by atoms with E-state index in [4.69, 9.17) is 5.73 Å². The normalized spacial score (nSPS) is 22.8. The fourth-order valence-corrected chi connectivity index (χ4v) is 5.03. The molecular weight excluding hydrogens is 392 g/mol. The molecule has 160 valence electrons. The molecule has 2 aromatic carbocycles. The number of fused-ring (bicyclic) bond motifs is 2. The van der Waals surface area contributed by atoms with Crippen LogP contribution in [-0.2, 0) is 29.1 Å². The molecule has 7 nitrogen and oxygen atoms in total. The van der Waals surface area contributed by atoms with Gasteiger partial charge >= 0.3 is 0 Å². The lowest BCUT2D eigenvalue weighted by Gasteiger charge is -2.29. The van der Waals surface area contributed by atoms with Gasteiger partial charge in [0, 0.05) is 36.8 Å². The molecule has 3 aliphatic rings. The number of carbonyl (C=O) groups is 3. The predicted molar refractivity (Wildman–Crippen MR) is 116 cm³/mol. The second-order valence-electron chi connectivity index (χ2n) is 8.68. The second-order valence-corrected chi connectivity index (χ2v) is 8.68. The maximum atomic E-state index is 12.8. The Hall–Kier alpha value is -3.19. The summed E-state index contributed by atoms with van der Waals surface area (Å²) in [6, 6.07) is 11.8. The highest BCUT2D eigenvalue weighted by atomic mass is 16.2. The number of nitrogens with one attached hydrogen (secondary N) is 2. The fraction of sp³-hybridized carbons (Fsp3) is 0.375. The first-order valence-corrected chi connectivity index (χ1v) is 10.9. The summed E-state index contributed by atoms with van der Waals surface area (Å²) in [5.74, 6) is -0.788. The van der Waals surface area contributed by atoms with Gasteiger partial charge in [-0.15, -0.1) is 0 Å². The van der Waals surface area contributed by atoms with Crippen LogP contribution in [0, 0.1) is 0 Å². The number of nitrogens with two attached hydrogens (primary N) is 1. The van der Waals surface area contributed by atoms with Gasteiger partial charge in [0.1, 0.15) is 6.04 Å². The number of nitrogens with zero attached hydrogens (tertiary/aromatic N) is 1. The Kier molecular flexibility index (Phi) is 4.98. The van der Waals surface area contributed by atoms with Crippen LogP contribution in [0.1, 0.15) is 64.3 Å². The second kappa shape index (κ2) is 7.81. The summed E-state index contributed by atoms with van der Waals surface area (Å²) in [4.78, 5) is 38.1. The van der Waals surface area contributed by atoms with E-state index in [-0.39, 0.29) is 24.1 Å². The van der Waals surface area contributed by atoms with Gasteiger partial charge in [0.2, 0.25) is 11.8 Å². The van der Waals surface area contributed by atoms with Crippen molar-refractivity contribution >= 4 is 23.4 Å². The van der Waals surface area contributed by atoms with Crippen LogP contribution in [0.5, 0.6) is 0 Å². The van der Waals surface area contributed by atoms with E-state index in [1.165, 1.54) is 11.1 Å². The lowest BCUT2D eigenvalue weighted by molar-refractivity contribution is -0.136. The number of carbonyl (C=O) groups excluding carboxylic acids is 3. The molecule has 1 aliphatic carbocycles. The number of rotatable bonds is 4. The van der Waals surface area contributed by atoms with Gasteiger partial charge in [-0.2, -0.15) is 0 Å². The number of benzene rings is 2. The Morgan fingerprint density at radius 3 is 2.74 bits per heavy atom. The summed E-state index contributed by atoms with van der Waals surface area (Å²) in [6.07, 6.45) is 3.93. The molecule has 31 heavy (non-hydrogen) atoms. The van der Waals surface area contributed by atoms with Gasteiger partial charge in [0.05, 0.1) is 0 Å². The lowest BCUT2D eigenvalue weighted by atomic mass is 9.87. The van der Waals surface area contributed by atoms with Crippen molar-refractivity contribution in [3.63, 3.8) is 0 Å². The van der Waals surface area contributed by atoms with Crippen molar-refractivity contribution in [2.75, 3.05) is 5.73 Å². The molecule has 0 spiro atoms. The summed E-state index contributed by atoms with van der Waals surface area (Å²) >= 11 is 0. The standard InChI is InChI=1S/C24H26N4O3/c25-17-5-7-18-15(11-17)2-1-3-20(18)26-12-14-4-6-19-16(10-14)13-28(24(19)31)21-8-9-22(29)27-23(21)30/h4-7,10-11,20-21,26H,1-3,8-9,12-13,25H2,(H,27,29,30). The van der Waals surface area contributed by atoms with Crippen molar-refractivity contribution in [2.24, 2.45) is 0 Å². The van der Waals surface area contributed by atoms with Crippen molar-refractivity contribution in [1.29, 1.82) is 0 Å². The average Bonchev–Trinajstić information content (AvgIpc) is 3.07. The van der Waals surface area contributed by atoms with Gasteiger partial charge in [-0.25, -0.2) is 0 Å². The van der Waals surface area contributed by atoms with Crippen LogP contribution in [0.25, 0.3) is 0 Å². The zero-order valence-corrected chi connectivity index (χ0v) is 17.3. The fourth-order valence-electron chi connectivity index (χ4n) is 5.03. The molecular formula is C24H26N4O3. The largest absolute Gasteiger partial charge is 0.399 e. The van der Waals surface area contributed by atoms with E-state index < -0.39 is 6.04 Å². The van der Waals surface area contributed by atoms with E-state index in [1.807, 2.05) is 18.2 Å². The predicted octanol–water partition coefficient (Wildman–Crippen LogP) is 2.20. The van der Waals surface area contributed by atoms with Crippen LogP contribution in [0.15, 0.2) is 36.4 Å². The van der Waals surface area contributed by atoms with Crippen LogP contribution in [0.4, 0.5) is 5.69 Å². The third-order valence-electron chi connectivity index (χ3n) is 6.62. The summed E-state index contributed by atoms with van der Waals surface area (Å²) < 4.78 is 0. The number of amides is 3. The quantitative estimate of drug-likeness (QED) is 0.522. The Labute approximate surface area is 181 Å². The first-order valence-electron chi connectivity index (χ1n) is 10.9. The SMILES string of the molecule is Nc1ccc2c(c1)CCCC2NCc1ccc2c(c1)CN(C1CCC(=O)NC1=O)C2=O. The van der Waals surface area contributed by atoms with Crippen molar-refractivity contribution in [3.05, 3.63) is 64.2 Å². The van der Waals surface area contributed by atoms with E-state index in [2.05, 4.69) is 28.8 Å². The molecule has 0 saturated carbocycles. The van der Waals surface area contributed by atoms with E-state index in [1.54, 1.807) is 4.90 Å². The van der Waals surface area contributed by atoms with Gasteiger partial charge in [-0.3, -0.25) is 19.7 Å². The van der Waals surface area contributed by atoms with E-state index in [0.717, 1.165) is 36.1 Å². The number of hydrogen-bond acceptors (Lipinski definition) is 5. The van der Waals surface area contributed by atoms with Gasteiger partial charge in [0.15, 0.2) is 0 Å². The molecule has 5 rings (SSSR count). The lowest BCUT2D eigenvalue weighted by Crippen LogP contribution is -2.52. The smallest absolute Gasteiger partial charge is 0.255 e. The van der Waals surface area contributed by atoms with Gasteiger partial charge in [-0.1, -0.05) is 18.2 Å². The van der Waals surface area contributed by atoms with E-state index in [0.29, 0.717) is 31.1 Å². The van der Waals surface area contributed by atoms with Gasteiger partial charge in [0.25, 0.3) is 5.91 Å². The number of aryl methyl sites for hydroxylation is 1. The minimum atomic E-state index is -0.578. The van der Waals surface area contributed by atoms with Crippen LogP contribution >= 0.6 is 0 Å². The third kappa shape index (κ3) is 3.70. The molecule has 2 aliphatic heterocycles. The van der Waals surface area contributed by atoms with Crippen molar-refractivity contribution in [3.8, 4) is 0 Å². The van der Waals surface area contributed by atoms with Crippen molar-refractivity contribution < 1.29 is 14.4 Å². The molecule has 2 atom stereocenters. The number of anilines is 1. The summed E-state index contributed by atoms with van der Waals surface area (Å²) in [7, 11) is 0. The molecule has 4 N–H and O–H groups in total. The molecule has 2 heterocycles. The third-order valence-corrected chi connectivity index (χ3v) is 6.62. The average molecular weight is 418 g/mol. The topological polar surface area (TPSA) is 105 Å². The molecule has 0 radical (unpaired) electrons. The summed E-state index contributed by atoms with van der Waals surface area (Å²) in [5.41, 5.74) is 12.1. The highest BCUT2D eigenvalue weighted by Crippen LogP contribution is 2.32. The molecule has 7 heteroatoms. The first-order chi connectivity index (χ1) is 15.0. The van der Waals surface area contributed by atoms with Crippen LogP contribution < -0.4 is 16.4 Å². The Morgan fingerprint density at radius 1 is 1.03 bits per heavy atom. The monoisotopic (exact) mass is 418 g/mol. The Morgan fingerprint density at radius 2 is 1.90 bits per heavy atom. The first kappa shape index (κ1) is 19.8. The van der Waals surface area contributed by atoms with Crippen LogP contribution in [0.2, 0.25) is 0 Å². The summed E-state index contributed by atoms with van der Waals surface area (Å²) in [5, 5.41) is 6.01. The molecule has 3 amide bonds. The molecule has 2 aromatic rings. The minimum Gasteiger partial charge on any atom is -0.399 e. The Bertz CT molecular complexity index is 1080. The number of piperidine rings is 1. The molecule has 1 saturated heterocycles. The molecule has 2 unspecified atom stereocenters. The van der Waals surface area contributed by atoms with Crippen molar-refractivity contribution in [1.82, 2.24) is 15.5 Å². The molecule has 0 bridgehead atoms. The van der Waals surface area contributed by atoms with Crippen molar-refractivity contribution in [2.45, 2.75) is 57.3 Å². The van der Waals surface area contributed by atoms with E-state index in [9.17, 15) is 14.4 Å². The number of imide groups is 1. The van der Waals surface area contributed by atoms with Gasteiger partial charge < -0.3 is 16.0 Å². The maximum Gasteiger partial charge on any atom is 0.255 e. The zero-order valence-electron chi connectivity index (χ0n) is 17.3. The molecule has 0 aromatic heterocycles. The number of hydrogen-bond donors (Lipinski definition) is 3. The molecule has 1 fully saturated rings. The van der Waals surface area contributed by atoms with Crippen LogP contribution in [0.3, 0.4) is 0 Å². The Balaban J connectivity index is 1.28. The summed E-state index contributed by atoms with van der Waals surface area (Å²) in [6.45, 7) is 1.11. The minimum absolute atomic E-state index is 0.136. The highest BCUT2D eigenvalue weighted by molar-refractivity contribution is 6.05. The van der Waals surface area contributed by atoms with Gasteiger partial charge in [-0.05, 0) is 66.1 Å².